The van der Waals surface area contributed by atoms with Gasteiger partial charge in [0.25, 0.3) is 0 Å². The zero-order chi connectivity index (χ0) is 18.1. The average Bonchev–Trinajstić information content (AvgIpc) is 3.30. The highest BCUT2D eigenvalue weighted by Gasteiger charge is 2.11. The van der Waals surface area contributed by atoms with Gasteiger partial charge in [0, 0.05) is 41.0 Å². The molecular formula is C19H18N4O2S. The lowest BCUT2D eigenvalue weighted by atomic mass is 10.1. The number of imidazole rings is 1. The summed E-state index contributed by atoms with van der Waals surface area (Å²) in [6.07, 6.45) is 5.01. The molecule has 0 radical (unpaired) electrons. The molecular weight excluding hydrogens is 348 g/mol. The van der Waals surface area contributed by atoms with E-state index in [2.05, 4.69) is 15.5 Å². The fourth-order valence-corrected chi connectivity index (χ4v) is 3.61. The molecule has 0 saturated carbocycles. The van der Waals surface area contributed by atoms with E-state index in [1.807, 2.05) is 60.3 Å². The summed E-state index contributed by atoms with van der Waals surface area (Å²) in [6.45, 7) is 3.76. The second kappa shape index (κ2) is 6.76. The number of carbonyl (C=O) groups excluding carboxylic acids is 1. The molecule has 1 N–H and O–H groups in total. The lowest BCUT2D eigenvalue weighted by Gasteiger charge is -2.06. The highest BCUT2D eigenvalue weighted by atomic mass is 32.1. The predicted octanol–water partition coefficient (Wildman–Crippen LogP) is 4.24. The quantitative estimate of drug-likeness (QED) is 0.573. The molecule has 0 aliphatic heterocycles. The number of amides is 1. The number of nitrogens with zero attached hydrogens (tertiary/aromatic N) is 3. The average molecular weight is 366 g/mol. The van der Waals surface area contributed by atoms with Gasteiger partial charge in [0.05, 0.1) is 11.4 Å². The Labute approximate surface area is 154 Å². The smallest absolute Gasteiger partial charge is 0.224 e. The van der Waals surface area contributed by atoms with Crippen LogP contribution in [0.1, 0.15) is 23.4 Å². The highest BCUT2D eigenvalue weighted by Crippen LogP contribution is 2.23. The van der Waals surface area contributed by atoms with Gasteiger partial charge in [0.1, 0.15) is 5.76 Å². The van der Waals surface area contributed by atoms with Gasteiger partial charge in [0.15, 0.2) is 4.96 Å². The van der Waals surface area contributed by atoms with Crippen LogP contribution in [0.4, 0.5) is 5.69 Å². The van der Waals surface area contributed by atoms with Gasteiger partial charge >= 0.3 is 0 Å². The molecule has 26 heavy (non-hydrogen) atoms. The van der Waals surface area contributed by atoms with Crippen molar-refractivity contribution in [1.29, 1.82) is 0 Å². The van der Waals surface area contributed by atoms with Crippen LogP contribution >= 0.6 is 11.3 Å². The second-order valence-corrected chi connectivity index (χ2v) is 7.02. The van der Waals surface area contributed by atoms with Crippen molar-refractivity contribution in [3.05, 3.63) is 59.1 Å². The Hall–Kier alpha value is -2.93. The maximum absolute atomic E-state index is 12.2. The Kier molecular flexibility index (Phi) is 4.30. The van der Waals surface area contributed by atoms with E-state index in [0.29, 0.717) is 12.8 Å². The lowest BCUT2D eigenvalue weighted by Crippen LogP contribution is -2.12. The van der Waals surface area contributed by atoms with Gasteiger partial charge in [-0.3, -0.25) is 9.20 Å². The molecule has 0 bridgehead atoms. The van der Waals surface area contributed by atoms with Crippen molar-refractivity contribution >= 4 is 27.9 Å². The van der Waals surface area contributed by atoms with Crippen molar-refractivity contribution in [2.24, 2.45) is 0 Å². The predicted molar refractivity (Wildman–Crippen MR) is 101 cm³/mol. The third-order valence-electron chi connectivity index (χ3n) is 4.34. The summed E-state index contributed by atoms with van der Waals surface area (Å²) in [7, 11) is 0. The summed E-state index contributed by atoms with van der Waals surface area (Å²) in [4.78, 5) is 17.7. The summed E-state index contributed by atoms with van der Waals surface area (Å²) >= 11 is 1.60. The maximum atomic E-state index is 12.2. The number of aromatic nitrogens is 3. The van der Waals surface area contributed by atoms with Crippen LogP contribution in [-0.2, 0) is 11.2 Å². The largest absolute Gasteiger partial charge is 0.361 e. The number of hydrogen-bond donors (Lipinski definition) is 1. The maximum Gasteiger partial charge on any atom is 0.224 e. The number of hydrogen-bond acceptors (Lipinski definition) is 5. The molecule has 4 rings (SSSR count). The zero-order valence-corrected chi connectivity index (χ0v) is 15.3. The number of aryl methyl sites for hydroxylation is 2. The van der Waals surface area contributed by atoms with Crippen molar-refractivity contribution in [3.8, 4) is 11.3 Å². The van der Waals surface area contributed by atoms with E-state index >= 15 is 0 Å². The summed E-state index contributed by atoms with van der Waals surface area (Å²) in [5.74, 6) is 0.750. The van der Waals surface area contributed by atoms with Crippen molar-refractivity contribution < 1.29 is 9.32 Å². The zero-order valence-electron chi connectivity index (χ0n) is 14.5. The standard InChI is InChI=1S/C19H18N4O2S/c1-12-16(13(2)25-22-12)7-8-18(24)20-15-5-3-14(4-6-15)17-11-23-9-10-26-19(23)21-17/h3-6,9-11H,7-8H2,1-2H3,(H,20,24). The molecule has 3 aromatic heterocycles. The molecule has 0 atom stereocenters. The molecule has 132 valence electrons. The number of nitrogens with one attached hydrogen (secondary N) is 1. The first-order chi connectivity index (χ1) is 12.6. The van der Waals surface area contributed by atoms with Gasteiger partial charge < -0.3 is 9.84 Å². The Morgan fingerprint density at radius 2 is 2.08 bits per heavy atom. The molecule has 3 heterocycles. The van der Waals surface area contributed by atoms with Crippen LogP contribution < -0.4 is 5.32 Å². The van der Waals surface area contributed by atoms with Crippen LogP contribution in [0.2, 0.25) is 0 Å². The number of anilines is 1. The molecule has 6 nitrogen and oxygen atoms in total. The first-order valence-electron chi connectivity index (χ1n) is 8.34. The molecule has 0 fully saturated rings. The second-order valence-electron chi connectivity index (χ2n) is 6.15. The van der Waals surface area contributed by atoms with Crippen LogP contribution in [0.5, 0.6) is 0 Å². The Morgan fingerprint density at radius 3 is 2.77 bits per heavy atom. The van der Waals surface area contributed by atoms with E-state index in [1.165, 1.54) is 0 Å². The molecule has 0 aliphatic carbocycles. The monoisotopic (exact) mass is 366 g/mol. The van der Waals surface area contributed by atoms with E-state index in [1.54, 1.807) is 11.3 Å². The minimum atomic E-state index is -0.0275. The molecule has 4 aromatic rings. The Morgan fingerprint density at radius 1 is 1.27 bits per heavy atom. The number of thiazole rings is 1. The molecule has 0 unspecified atom stereocenters. The Bertz CT molecular complexity index is 1010. The lowest BCUT2D eigenvalue weighted by molar-refractivity contribution is -0.116. The fourth-order valence-electron chi connectivity index (χ4n) is 2.91. The van der Waals surface area contributed by atoms with E-state index in [-0.39, 0.29) is 5.91 Å². The molecule has 0 aliphatic rings. The van der Waals surface area contributed by atoms with Gasteiger partial charge in [-0.25, -0.2) is 4.98 Å². The van der Waals surface area contributed by atoms with Crippen LogP contribution in [0.25, 0.3) is 16.2 Å². The third-order valence-corrected chi connectivity index (χ3v) is 5.11. The van der Waals surface area contributed by atoms with Crippen LogP contribution in [0.15, 0.2) is 46.6 Å². The number of rotatable bonds is 5. The van der Waals surface area contributed by atoms with E-state index in [0.717, 1.165) is 38.9 Å². The van der Waals surface area contributed by atoms with Gasteiger partial charge in [-0.2, -0.15) is 0 Å². The topological polar surface area (TPSA) is 72.4 Å². The summed E-state index contributed by atoms with van der Waals surface area (Å²) in [6, 6.07) is 7.74. The van der Waals surface area contributed by atoms with E-state index in [4.69, 9.17) is 4.52 Å². The minimum Gasteiger partial charge on any atom is -0.361 e. The minimum absolute atomic E-state index is 0.0275. The third kappa shape index (κ3) is 3.25. The molecule has 7 heteroatoms. The summed E-state index contributed by atoms with van der Waals surface area (Å²) < 4.78 is 7.13. The SMILES string of the molecule is Cc1noc(C)c1CCC(=O)Nc1ccc(-c2cn3ccsc3n2)cc1. The number of benzene rings is 1. The van der Waals surface area contributed by atoms with Crippen molar-refractivity contribution in [1.82, 2.24) is 14.5 Å². The van der Waals surface area contributed by atoms with Gasteiger partial charge in [0.2, 0.25) is 5.91 Å². The normalized spacial score (nSPS) is 11.2. The summed E-state index contributed by atoms with van der Waals surface area (Å²) in [5, 5.41) is 8.85. The molecule has 1 aromatic carbocycles. The van der Waals surface area contributed by atoms with Crippen molar-refractivity contribution in [3.63, 3.8) is 0 Å². The first-order valence-corrected chi connectivity index (χ1v) is 9.22. The van der Waals surface area contributed by atoms with Crippen molar-refractivity contribution in [2.45, 2.75) is 26.7 Å². The van der Waals surface area contributed by atoms with Crippen LogP contribution in [0, 0.1) is 13.8 Å². The van der Waals surface area contributed by atoms with E-state index < -0.39 is 0 Å². The first kappa shape index (κ1) is 16.5. The van der Waals surface area contributed by atoms with Crippen LogP contribution in [0.3, 0.4) is 0 Å². The molecule has 1 amide bonds. The van der Waals surface area contributed by atoms with E-state index in [9.17, 15) is 4.79 Å². The fraction of sp³-hybridized carbons (Fsp3) is 0.211. The van der Waals surface area contributed by atoms with Crippen LogP contribution in [-0.4, -0.2) is 20.4 Å². The Balaban J connectivity index is 1.39. The summed E-state index contributed by atoms with van der Waals surface area (Å²) in [5.41, 5.74) is 4.58. The molecule has 0 saturated heterocycles. The highest BCUT2D eigenvalue weighted by molar-refractivity contribution is 7.15. The van der Waals surface area contributed by atoms with Gasteiger partial charge in [-0.15, -0.1) is 11.3 Å². The van der Waals surface area contributed by atoms with Gasteiger partial charge in [-0.05, 0) is 32.4 Å². The van der Waals surface area contributed by atoms with Gasteiger partial charge in [-0.1, -0.05) is 17.3 Å². The van der Waals surface area contributed by atoms with Crippen molar-refractivity contribution in [2.75, 3.05) is 5.32 Å². The molecule has 0 spiro atoms. The number of fused-ring (bicyclic) bond motifs is 1. The number of carbonyl (C=O) groups is 1.